The summed E-state index contributed by atoms with van der Waals surface area (Å²) in [7, 11) is 1.72. The Morgan fingerprint density at radius 3 is 2.58 bits per heavy atom. The van der Waals surface area contributed by atoms with E-state index in [0.29, 0.717) is 12.6 Å². The SMILES string of the molecule is CCC[C@@H](c1nnnn1CCOC)N1CCN(C2CCCC2)CC1. The summed E-state index contributed by atoms with van der Waals surface area (Å²) >= 11 is 0. The van der Waals surface area contributed by atoms with Crippen LogP contribution in [-0.4, -0.2) is 75.9 Å². The molecule has 2 aliphatic rings. The third-order valence-electron chi connectivity index (χ3n) is 5.56. The highest BCUT2D eigenvalue weighted by Gasteiger charge is 2.31. The van der Waals surface area contributed by atoms with E-state index in [1.165, 1.54) is 38.8 Å². The quantitative estimate of drug-likeness (QED) is 0.720. The lowest BCUT2D eigenvalue weighted by Gasteiger charge is -2.41. The number of aromatic nitrogens is 4. The maximum absolute atomic E-state index is 5.19. The van der Waals surface area contributed by atoms with Gasteiger partial charge in [-0.2, -0.15) is 0 Å². The van der Waals surface area contributed by atoms with Gasteiger partial charge in [-0.3, -0.25) is 9.80 Å². The van der Waals surface area contributed by atoms with Gasteiger partial charge in [0, 0.05) is 39.3 Å². The van der Waals surface area contributed by atoms with Gasteiger partial charge in [0.2, 0.25) is 0 Å². The standard InChI is InChI=1S/C17H32N6O/c1-3-6-16(17-18-19-20-23(17)13-14-24-2)22-11-9-21(10-12-22)15-7-4-5-8-15/h15-16H,3-14H2,1-2H3/t16-/m0/s1. The normalized spacial score (nSPS) is 22.2. The summed E-state index contributed by atoms with van der Waals surface area (Å²) in [6.07, 6.45) is 7.87. The molecule has 0 aromatic carbocycles. The molecule has 1 aromatic rings. The zero-order valence-corrected chi connectivity index (χ0v) is 15.2. The van der Waals surface area contributed by atoms with Crippen LogP contribution in [-0.2, 0) is 11.3 Å². The zero-order valence-electron chi connectivity index (χ0n) is 15.2. The zero-order chi connectivity index (χ0) is 16.8. The molecule has 0 amide bonds. The number of methoxy groups -OCH3 is 1. The molecule has 1 aliphatic heterocycles. The highest BCUT2D eigenvalue weighted by molar-refractivity contribution is 4.95. The van der Waals surface area contributed by atoms with E-state index in [-0.39, 0.29) is 0 Å². The van der Waals surface area contributed by atoms with Gasteiger partial charge in [-0.05, 0) is 29.7 Å². The van der Waals surface area contributed by atoms with Crippen LogP contribution in [0.25, 0.3) is 0 Å². The molecule has 0 radical (unpaired) electrons. The Kier molecular flexibility index (Phi) is 6.57. The van der Waals surface area contributed by atoms with Gasteiger partial charge in [-0.15, -0.1) is 5.10 Å². The van der Waals surface area contributed by atoms with Crippen LogP contribution in [0.2, 0.25) is 0 Å². The van der Waals surface area contributed by atoms with Crippen molar-refractivity contribution in [3.8, 4) is 0 Å². The van der Waals surface area contributed by atoms with Crippen molar-refractivity contribution >= 4 is 0 Å². The molecule has 24 heavy (non-hydrogen) atoms. The van der Waals surface area contributed by atoms with Crippen LogP contribution < -0.4 is 0 Å². The first kappa shape index (κ1) is 17.8. The van der Waals surface area contributed by atoms with Gasteiger partial charge >= 0.3 is 0 Å². The fraction of sp³-hybridized carbons (Fsp3) is 0.941. The summed E-state index contributed by atoms with van der Waals surface area (Å²) in [5, 5.41) is 12.4. The van der Waals surface area contributed by atoms with E-state index < -0.39 is 0 Å². The Morgan fingerprint density at radius 2 is 1.92 bits per heavy atom. The molecule has 1 saturated heterocycles. The molecule has 0 unspecified atom stereocenters. The fourth-order valence-corrected chi connectivity index (χ4v) is 4.22. The highest BCUT2D eigenvalue weighted by Crippen LogP contribution is 2.28. The van der Waals surface area contributed by atoms with Gasteiger partial charge in [0.1, 0.15) is 0 Å². The number of tetrazole rings is 1. The summed E-state index contributed by atoms with van der Waals surface area (Å²) in [5.41, 5.74) is 0. The Morgan fingerprint density at radius 1 is 1.17 bits per heavy atom. The minimum atomic E-state index is 0.326. The number of rotatable bonds is 8. The third kappa shape index (κ3) is 4.13. The van der Waals surface area contributed by atoms with Crippen LogP contribution in [0.3, 0.4) is 0 Å². The molecule has 1 aromatic heterocycles. The average Bonchev–Trinajstić information content (AvgIpc) is 3.30. The van der Waals surface area contributed by atoms with E-state index in [9.17, 15) is 0 Å². The minimum Gasteiger partial charge on any atom is -0.383 e. The van der Waals surface area contributed by atoms with Crippen molar-refractivity contribution in [2.45, 2.75) is 64.1 Å². The molecule has 2 fully saturated rings. The molecule has 0 bridgehead atoms. The van der Waals surface area contributed by atoms with Crippen LogP contribution in [0, 0.1) is 0 Å². The predicted octanol–water partition coefficient (Wildman–Crippen LogP) is 1.72. The van der Waals surface area contributed by atoms with Crippen LogP contribution >= 0.6 is 0 Å². The van der Waals surface area contributed by atoms with Gasteiger partial charge in [-0.1, -0.05) is 26.2 Å². The molecule has 136 valence electrons. The van der Waals surface area contributed by atoms with Gasteiger partial charge in [0.05, 0.1) is 19.2 Å². The number of ether oxygens (including phenoxy) is 1. The predicted molar refractivity (Wildman–Crippen MR) is 92.7 cm³/mol. The summed E-state index contributed by atoms with van der Waals surface area (Å²) in [5.74, 6) is 1.00. The van der Waals surface area contributed by atoms with Crippen molar-refractivity contribution in [2.24, 2.45) is 0 Å². The van der Waals surface area contributed by atoms with Crippen LogP contribution in [0.4, 0.5) is 0 Å². The van der Waals surface area contributed by atoms with Gasteiger partial charge in [0.15, 0.2) is 5.82 Å². The third-order valence-corrected chi connectivity index (χ3v) is 5.56. The van der Waals surface area contributed by atoms with Crippen molar-refractivity contribution in [1.29, 1.82) is 0 Å². The number of piperazine rings is 1. The van der Waals surface area contributed by atoms with E-state index in [1.54, 1.807) is 7.11 Å². The van der Waals surface area contributed by atoms with Crippen molar-refractivity contribution in [3.05, 3.63) is 5.82 Å². The number of hydrogen-bond acceptors (Lipinski definition) is 6. The van der Waals surface area contributed by atoms with Gasteiger partial charge in [0.25, 0.3) is 0 Å². The van der Waals surface area contributed by atoms with Gasteiger partial charge in [-0.25, -0.2) is 4.68 Å². The van der Waals surface area contributed by atoms with E-state index in [2.05, 4.69) is 32.2 Å². The highest BCUT2D eigenvalue weighted by atomic mass is 16.5. The molecule has 0 spiro atoms. The monoisotopic (exact) mass is 336 g/mol. The summed E-state index contributed by atoms with van der Waals surface area (Å²) in [6.45, 7) is 8.23. The van der Waals surface area contributed by atoms with E-state index >= 15 is 0 Å². The van der Waals surface area contributed by atoms with Crippen LogP contribution in [0.15, 0.2) is 0 Å². The fourth-order valence-electron chi connectivity index (χ4n) is 4.22. The second kappa shape index (κ2) is 8.87. The lowest BCUT2D eigenvalue weighted by Crippen LogP contribution is -2.50. The van der Waals surface area contributed by atoms with E-state index in [0.717, 1.165) is 44.3 Å². The van der Waals surface area contributed by atoms with Crippen molar-refractivity contribution < 1.29 is 4.74 Å². The maximum atomic E-state index is 5.19. The molecule has 1 aliphatic carbocycles. The van der Waals surface area contributed by atoms with Crippen molar-refractivity contribution in [3.63, 3.8) is 0 Å². The Bertz CT molecular complexity index is 479. The van der Waals surface area contributed by atoms with E-state index in [1.807, 2.05) is 4.68 Å². The minimum absolute atomic E-state index is 0.326. The molecule has 3 rings (SSSR count). The molecular weight excluding hydrogens is 304 g/mol. The van der Waals surface area contributed by atoms with Crippen LogP contribution in [0.1, 0.15) is 57.3 Å². The lowest BCUT2D eigenvalue weighted by atomic mass is 10.1. The smallest absolute Gasteiger partial charge is 0.168 e. The summed E-state index contributed by atoms with van der Waals surface area (Å²) in [4.78, 5) is 5.30. The maximum Gasteiger partial charge on any atom is 0.168 e. The van der Waals surface area contributed by atoms with Gasteiger partial charge < -0.3 is 4.74 Å². The Hall–Kier alpha value is -1.05. The molecule has 7 heteroatoms. The Balaban J connectivity index is 1.62. The number of nitrogens with zero attached hydrogens (tertiary/aromatic N) is 6. The molecule has 7 nitrogen and oxygen atoms in total. The average molecular weight is 336 g/mol. The van der Waals surface area contributed by atoms with Crippen LogP contribution in [0.5, 0.6) is 0 Å². The van der Waals surface area contributed by atoms with Crippen molar-refractivity contribution in [1.82, 2.24) is 30.0 Å². The lowest BCUT2D eigenvalue weighted by molar-refractivity contribution is 0.0619. The summed E-state index contributed by atoms with van der Waals surface area (Å²) in [6, 6.07) is 1.16. The first-order valence-electron chi connectivity index (χ1n) is 9.56. The number of hydrogen-bond donors (Lipinski definition) is 0. The molecule has 0 N–H and O–H groups in total. The second-order valence-corrected chi connectivity index (χ2v) is 7.07. The molecule has 1 atom stereocenters. The summed E-state index contributed by atoms with van der Waals surface area (Å²) < 4.78 is 7.11. The first-order chi connectivity index (χ1) is 11.8. The largest absolute Gasteiger partial charge is 0.383 e. The topological polar surface area (TPSA) is 59.3 Å². The Labute approximate surface area is 145 Å². The van der Waals surface area contributed by atoms with Crippen molar-refractivity contribution in [2.75, 3.05) is 39.9 Å². The molecule has 2 heterocycles. The van der Waals surface area contributed by atoms with E-state index in [4.69, 9.17) is 4.74 Å². The molecule has 1 saturated carbocycles. The molecular formula is C17H32N6O. The first-order valence-corrected chi connectivity index (χ1v) is 9.56. The second-order valence-electron chi connectivity index (χ2n) is 7.07.